The number of benzene rings is 3. The zero-order chi connectivity index (χ0) is 17.6. The highest BCUT2D eigenvalue weighted by Gasteiger charge is 2.08. The van der Waals surface area contributed by atoms with Gasteiger partial charge in [0.25, 0.3) is 0 Å². The van der Waals surface area contributed by atoms with Crippen LogP contribution in [0.15, 0.2) is 66.7 Å². The number of rotatable bonds is 6. The van der Waals surface area contributed by atoms with Gasteiger partial charge >= 0.3 is 0 Å². The highest BCUT2D eigenvalue weighted by Crippen LogP contribution is 2.33. The lowest BCUT2D eigenvalue weighted by Gasteiger charge is -2.14. The van der Waals surface area contributed by atoms with Crippen LogP contribution >= 0.6 is 11.6 Å². The van der Waals surface area contributed by atoms with Crippen molar-refractivity contribution < 1.29 is 9.47 Å². The SMILES string of the molecule is COc1ccccc1NCc1ccc(OC)c(-c2cccc(Cl)c2)c1. The average molecular weight is 354 g/mol. The van der Waals surface area contributed by atoms with Gasteiger partial charge in [0.2, 0.25) is 0 Å². The molecule has 3 rings (SSSR count). The summed E-state index contributed by atoms with van der Waals surface area (Å²) in [6.07, 6.45) is 0. The van der Waals surface area contributed by atoms with Crippen molar-refractivity contribution in [3.8, 4) is 22.6 Å². The number of hydrogen-bond acceptors (Lipinski definition) is 3. The second kappa shape index (κ2) is 7.95. The van der Waals surface area contributed by atoms with Crippen LogP contribution in [0.5, 0.6) is 11.5 Å². The molecule has 0 aliphatic carbocycles. The normalized spacial score (nSPS) is 10.4. The van der Waals surface area contributed by atoms with Gasteiger partial charge in [-0.25, -0.2) is 0 Å². The number of hydrogen-bond donors (Lipinski definition) is 1. The predicted octanol–water partition coefficient (Wildman–Crippen LogP) is 5.64. The summed E-state index contributed by atoms with van der Waals surface area (Å²) in [6.45, 7) is 0.679. The maximum Gasteiger partial charge on any atom is 0.141 e. The second-order valence-corrected chi connectivity index (χ2v) is 6.04. The molecule has 3 aromatic carbocycles. The summed E-state index contributed by atoms with van der Waals surface area (Å²) in [6, 6.07) is 21.8. The zero-order valence-electron chi connectivity index (χ0n) is 14.3. The molecule has 0 amide bonds. The van der Waals surface area contributed by atoms with Crippen LogP contribution < -0.4 is 14.8 Å². The van der Waals surface area contributed by atoms with E-state index in [0.717, 1.165) is 33.9 Å². The first kappa shape index (κ1) is 17.2. The third kappa shape index (κ3) is 4.06. The quantitative estimate of drug-likeness (QED) is 0.622. The molecule has 0 unspecified atom stereocenters. The highest BCUT2D eigenvalue weighted by molar-refractivity contribution is 6.30. The Morgan fingerprint density at radius 1 is 0.840 bits per heavy atom. The van der Waals surface area contributed by atoms with E-state index in [1.165, 1.54) is 0 Å². The smallest absolute Gasteiger partial charge is 0.141 e. The van der Waals surface area contributed by atoms with Crippen LogP contribution in [-0.4, -0.2) is 14.2 Å². The van der Waals surface area contributed by atoms with Crippen molar-refractivity contribution in [3.63, 3.8) is 0 Å². The molecule has 4 heteroatoms. The number of halogens is 1. The summed E-state index contributed by atoms with van der Waals surface area (Å²) in [5, 5.41) is 4.12. The molecule has 128 valence electrons. The molecular weight excluding hydrogens is 334 g/mol. The Kier molecular flexibility index (Phi) is 5.46. The van der Waals surface area contributed by atoms with Gasteiger partial charge in [0.05, 0.1) is 19.9 Å². The molecule has 0 saturated heterocycles. The fourth-order valence-electron chi connectivity index (χ4n) is 2.73. The number of ether oxygens (including phenoxy) is 2. The van der Waals surface area contributed by atoms with Crippen LogP contribution in [0.3, 0.4) is 0 Å². The third-order valence-corrected chi connectivity index (χ3v) is 4.22. The van der Waals surface area contributed by atoms with Crippen molar-refractivity contribution in [2.45, 2.75) is 6.54 Å². The standard InChI is InChI=1S/C21H20ClNO2/c1-24-20-11-10-15(12-18(20)16-6-5-7-17(22)13-16)14-23-19-8-3-4-9-21(19)25-2/h3-13,23H,14H2,1-2H3. The Morgan fingerprint density at radius 2 is 1.64 bits per heavy atom. The Balaban J connectivity index is 1.87. The van der Waals surface area contributed by atoms with Gasteiger partial charge in [-0.3, -0.25) is 0 Å². The van der Waals surface area contributed by atoms with Crippen LogP contribution in [0, 0.1) is 0 Å². The molecular formula is C21H20ClNO2. The minimum absolute atomic E-state index is 0.679. The molecule has 0 heterocycles. The van der Waals surface area contributed by atoms with Crippen molar-refractivity contribution >= 4 is 17.3 Å². The predicted molar refractivity (Wildman–Crippen MR) is 104 cm³/mol. The van der Waals surface area contributed by atoms with Crippen molar-refractivity contribution in [2.24, 2.45) is 0 Å². The van der Waals surface area contributed by atoms with Gasteiger partial charge in [-0.1, -0.05) is 41.9 Å². The minimum Gasteiger partial charge on any atom is -0.496 e. The number of anilines is 1. The van der Waals surface area contributed by atoms with Crippen molar-refractivity contribution in [2.75, 3.05) is 19.5 Å². The molecule has 0 radical (unpaired) electrons. The topological polar surface area (TPSA) is 30.5 Å². The van der Waals surface area contributed by atoms with Gasteiger partial charge in [-0.05, 0) is 47.5 Å². The van der Waals surface area contributed by atoms with E-state index in [1.54, 1.807) is 14.2 Å². The van der Waals surface area contributed by atoms with Crippen LogP contribution in [0.1, 0.15) is 5.56 Å². The highest BCUT2D eigenvalue weighted by atomic mass is 35.5. The lowest BCUT2D eigenvalue weighted by atomic mass is 10.0. The van der Waals surface area contributed by atoms with E-state index in [-0.39, 0.29) is 0 Å². The van der Waals surface area contributed by atoms with Gasteiger partial charge in [-0.15, -0.1) is 0 Å². The number of methoxy groups -OCH3 is 2. The largest absolute Gasteiger partial charge is 0.496 e. The van der Waals surface area contributed by atoms with Crippen LogP contribution in [0.25, 0.3) is 11.1 Å². The molecule has 0 bridgehead atoms. The molecule has 0 aliphatic heterocycles. The van der Waals surface area contributed by atoms with Gasteiger partial charge in [0.15, 0.2) is 0 Å². The first-order chi connectivity index (χ1) is 12.2. The van der Waals surface area contributed by atoms with Crippen molar-refractivity contribution in [1.82, 2.24) is 0 Å². The van der Waals surface area contributed by atoms with Gasteiger partial charge in [0, 0.05) is 17.1 Å². The fourth-order valence-corrected chi connectivity index (χ4v) is 2.92. The molecule has 0 spiro atoms. The van der Waals surface area contributed by atoms with E-state index in [1.807, 2.05) is 54.6 Å². The molecule has 0 saturated carbocycles. The summed E-state index contributed by atoms with van der Waals surface area (Å²) in [5.74, 6) is 1.65. The van der Waals surface area contributed by atoms with Crippen LogP contribution in [-0.2, 0) is 6.54 Å². The third-order valence-electron chi connectivity index (χ3n) is 3.99. The fraction of sp³-hybridized carbons (Fsp3) is 0.143. The molecule has 1 N–H and O–H groups in total. The van der Waals surface area contributed by atoms with Gasteiger partial charge in [-0.2, -0.15) is 0 Å². The summed E-state index contributed by atoms with van der Waals surface area (Å²) < 4.78 is 10.9. The van der Waals surface area contributed by atoms with E-state index in [4.69, 9.17) is 21.1 Å². The second-order valence-electron chi connectivity index (χ2n) is 5.60. The molecule has 0 aliphatic rings. The minimum atomic E-state index is 0.679. The summed E-state index contributed by atoms with van der Waals surface area (Å²) in [4.78, 5) is 0. The van der Waals surface area contributed by atoms with Crippen LogP contribution in [0.4, 0.5) is 5.69 Å². The zero-order valence-corrected chi connectivity index (χ0v) is 15.0. The molecule has 0 atom stereocenters. The van der Waals surface area contributed by atoms with E-state index in [9.17, 15) is 0 Å². The molecule has 3 nitrogen and oxygen atoms in total. The summed E-state index contributed by atoms with van der Waals surface area (Å²) in [5.41, 5.74) is 4.15. The van der Waals surface area contributed by atoms with E-state index >= 15 is 0 Å². The van der Waals surface area contributed by atoms with Crippen molar-refractivity contribution in [3.05, 3.63) is 77.3 Å². The maximum absolute atomic E-state index is 6.14. The van der Waals surface area contributed by atoms with E-state index in [2.05, 4.69) is 17.4 Å². The Morgan fingerprint density at radius 3 is 2.40 bits per heavy atom. The summed E-state index contributed by atoms with van der Waals surface area (Å²) in [7, 11) is 3.35. The first-order valence-corrected chi connectivity index (χ1v) is 8.39. The molecule has 3 aromatic rings. The lowest BCUT2D eigenvalue weighted by molar-refractivity contribution is 0.416. The maximum atomic E-state index is 6.14. The Bertz CT molecular complexity index is 864. The van der Waals surface area contributed by atoms with E-state index < -0.39 is 0 Å². The van der Waals surface area contributed by atoms with E-state index in [0.29, 0.717) is 11.6 Å². The Hall–Kier alpha value is -2.65. The average Bonchev–Trinajstić information content (AvgIpc) is 2.66. The first-order valence-electron chi connectivity index (χ1n) is 8.01. The van der Waals surface area contributed by atoms with Crippen LogP contribution in [0.2, 0.25) is 5.02 Å². The monoisotopic (exact) mass is 353 g/mol. The van der Waals surface area contributed by atoms with Gasteiger partial charge < -0.3 is 14.8 Å². The lowest BCUT2D eigenvalue weighted by Crippen LogP contribution is -2.02. The van der Waals surface area contributed by atoms with Gasteiger partial charge in [0.1, 0.15) is 11.5 Å². The van der Waals surface area contributed by atoms with Crippen molar-refractivity contribution in [1.29, 1.82) is 0 Å². The molecule has 0 fully saturated rings. The molecule has 0 aromatic heterocycles. The summed E-state index contributed by atoms with van der Waals surface area (Å²) >= 11 is 6.14. The Labute approximate surface area is 153 Å². The number of para-hydroxylation sites is 2. The number of nitrogens with one attached hydrogen (secondary N) is 1. The molecule has 25 heavy (non-hydrogen) atoms.